The highest BCUT2D eigenvalue weighted by Gasteiger charge is 2.25. The second-order valence-corrected chi connectivity index (χ2v) is 8.80. The van der Waals surface area contributed by atoms with Crippen molar-refractivity contribution in [2.45, 2.75) is 63.5 Å². The molecule has 0 bridgehead atoms. The molecule has 150 valence electrons. The van der Waals surface area contributed by atoms with E-state index in [0.717, 1.165) is 25.7 Å². The number of likely N-dealkylation sites (tertiary alicyclic amines) is 1. The summed E-state index contributed by atoms with van der Waals surface area (Å²) in [5, 5.41) is 0. The smallest absolute Gasteiger partial charge is 0.338 e. The summed E-state index contributed by atoms with van der Waals surface area (Å²) in [5.74, 6) is -0.836. The molecule has 0 aliphatic carbocycles. The Labute approximate surface area is 161 Å². The molecule has 1 atom stereocenters. The number of amides is 1. The maximum absolute atomic E-state index is 12.5. The van der Waals surface area contributed by atoms with Crippen LogP contribution in [0.5, 0.6) is 0 Å². The minimum Gasteiger partial charge on any atom is -0.449 e. The highest BCUT2D eigenvalue weighted by atomic mass is 32.2. The first-order valence-electron chi connectivity index (χ1n) is 9.33. The van der Waals surface area contributed by atoms with Crippen molar-refractivity contribution in [2.75, 3.05) is 13.1 Å². The number of carbonyl (C=O) groups excluding carboxylic acids is 2. The van der Waals surface area contributed by atoms with Gasteiger partial charge in [0, 0.05) is 19.1 Å². The molecule has 1 saturated heterocycles. The number of nitrogens with zero attached hydrogens (tertiary/aromatic N) is 1. The largest absolute Gasteiger partial charge is 0.449 e. The second kappa shape index (κ2) is 9.32. The molecular formula is C19H28N2O5S. The van der Waals surface area contributed by atoms with Gasteiger partial charge in [0.15, 0.2) is 6.10 Å². The van der Waals surface area contributed by atoms with Gasteiger partial charge in [-0.1, -0.05) is 12.8 Å². The number of nitrogens with one attached hydrogen (secondary N) is 1. The van der Waals surface area contributed by atoms with Gasteiger partial charge in [-0.25, -0.2) is 17.9 Å². The van der Waals surface area contributed by atoms with Gasteiger partial charge in [-0.3, -0.25) is 4.79 Å². The molecule has 1 amide bonds. The molecule has 1 unspecified atom stereocenters. The Hall–Kier alpha value is -1.93. The molecule has 7 nitrogen and oxygen atoms in total. The monoisotopic (exact) mass is 396 g/mol. The fourth-order valence-electron chi connectivity index (χ4n) is 2.98. The fourth-order valence-corrected chi connectivity index (χ4v) is 4.23. The van der Waals surface area contributed by atoms with Crippen molar-refractivity contribution in [3.05, 3.63) is 29.8 Å². The van der Waals surface area contributed by atoms with Crippen molar-refractivity contribution >= 4 is 21.9 Å². The van der Waals surface area contributed by atoms with E-state index < -0.39 is 22.1 Å². The molecule has 1 aliphatic rings. The zero-order chi connectivity index (χ0) is 20.0. The van der Waals surface area contributed by atoms with Gasteiger partial charge in [0.05, 0.1) is 10.5 Å². The molecule has 0 radical (unpaired) electrons. The van der Waals surface area contributed by atoms with E-state index in [-0.39, 0.29) is 22.4 Å². The molecule has 8 heteroatoms. The lowest BCUT2D eigenvalue weighted by atomic mass is 10.2. The number of sulfonamides is 1. The lowest BCUT2D eigenvalue weighted by Crippen LogP contribution is -2.40. The van der Waals surface area contributed by atoms with Gasteiger partial charge < -0.3 is 9.64 Å². The van der Waals surface area contributed by atoms with Crippen LogP contribution in [0.15, 0.2) is 29.2 Å². The molecule has 1 fully saturated rings. The molecule has 1 N–H and O–H groups in total. The van der Waals surface area contributed by atoms with Gasteiger partial charge >= 0.3 is 5.97 Å². The summed E-state index contributed by atoms with van der Waals surface area (Å²) >= 11 is 0. The average molecular weight is 397 g/mol. The van der Waals surface area contributed by atoms with Crippen LogP contribution < -0.4 is 4.72 Å². The third-order valence-electron chi connectivity index (χ3n) is 4.34. The van der Waals surface area contributed by atoms with E-state index in [0.29, 0.717) is 13.1 Å². The zero-order valence-electron chi connectivity index (χ0n) is 16.1. The molecule has 27 heavy (non-hydrogen) atoms. The average Bonchev–Trinajstić information content (AvgIpc) is 2.89. The van der Waals surface area contributed by atoms with E-state index in [4.69, 9.17) is 4.74 Å². The summed E-state index contributed by atoms with van der Waals surface area (Å²) in [4.78, 5) is 26.6. The summed E-state index contributed by atoms with van der Waals surface area (Å²) in [7, 11) is -3.62. The zero-order valence-corrected chi connectivity index (χ0v) is 16.9. The molecule has 0 aromatic heterocycles. The fraction of sp³-hybridized carbons (Fsp3) is 0.579. The van der Waals surface area contributed by atoms with Crippen molar-refractivity contribution in [2.24, 2.45) is 0 Å². The Morgan fingerprint density at radius 1 is 1.00 bits per heavy atom. The lowest BCUT2D eigenvalue weighted by molar-refractivity contribution is -0.139. The number of carbonyl (C=O) groups is 2. The summed E-state index contributed by atoms with van der Waals surface area (Å²) in [5.41, 5.74) is 0.203. The summed E-state index contributed by atoms with van der Waals surface area (Å²) < 4.78 is 32.0. The molecule has 1 heterocycles. The highest BCUT2D eigenvalue weighted by molar-refractivity contribution is 7.89. The quantitative estimate of drug-likeness (QED) is 0.745. The first-order chi connectivity index (χ1) is 12.7. The molecule has 0 saturated carbocycles. The van der Waals surface area contributed by atoms with Crippen molar-refractivity contribution in [1.29, 1.82) is 0 Å². The first-order valence-corrected chi connectivity index (χ1v) is 10.8. The molecular weight excluding hydrogens is 368 g/mol. The Bertz CT molecular complexity index is 751. The molecule has 1 aromatic rings. The predicted molar refractivity (Wildman–Crippen MR) is 102 cm³/mol. The van der Waals surface area contributed by atoms with Crippen molar-refractivity contribution < 1.29 is 22.7 Å². The van der Waals surface area contributed by atoms with E-state index in [2.05, 4.69) is 4.72 Å². The lowest BCUT2D eigenvalue weighted by Gasteiger charge is -2.24. The Kier molecular flexibility index (Phi) is 7.38. The minimum absolute atomic E-state index is 0.0708. The van der Waals surface area contributed by atoms with Crippen LogP contribution in [0.4, 0.5) is 0 Å². The maximum Gasteiger partial charge on any atom is 0.338 e. The van der Waals surface area contributed by atoms with Gasteiger partial charge in [0.25, 0.3) is 5.91 Å². The molecule has 2 rings (SSSR count). The number of ether oxygens (including phenoxy) is 1. The van der Waals surface area contributed by atoms with Crippen molar-refractivity contribution in [1.82, 2.24) is 9.62 Å². The second-order valence-electron chi connectivity index (χ2n) is 7.09. The maximum atomic E-state index is 12.5. The summed E-state index contributed by atoms with van der Waals surface area (Å²) in [6.45, 7) is 6.40. The van der Waals surface area contributed by atoms with E-state index in [9.17, 15) is 18.0 Å². The van der Waals surface area contributed by atoms with Crippen molar-refractivity contribution in [3.63, 3.8) is 0 Å². The van der Waals surface area contributed by atoms with Gasteiger partial charge in [0.1, 0.15) is 0 Å². The molecule has 1 aromatic carbocycles. The van der Waals surface area contributed by atoms with Gasteiger partial charge in [-0.05, 0) is 57.9 Å². The standard InChI is InChI=1S/C19H28N2O5S/c1-14(2)20-27(24,25)17-10-8-16(9-11-17)19(23)26-15(3)18(22)21-12-6-4-5-7-13-21/h8-11,14-15,20H,4-7,12-13H2,1-3H3. The van der Waals surface area contributed by atoms with Crippen LogP contribution in [0, 0.1) is 0 Å². The number of benzene rings is 1. The van der Waals surface area contributed by atoms with Gasteiger partial charge in [0.2, 0.25) is 10.0 Å². The first kappa shape index (κ1) is 21.4. The Morgan fingerprint density at radius 3 is 2.07 bits per heavy atom. The third kappa shape index (κ3) is 6.04. The molecule has 0 spiro atoms. The van der Waals surface area contributed by atoms with E-state index in [1.165, 1.54) is 24.3 Å². The predicted octanol–water partition coefficient (Wildman–Crippen LogP) is 2.32. The van der Waals surface area contributed by atoms with Crippen LogP contribution in [0.25, 0.3) is 0 Å². The van der Waals surface area contributed by atoms with Crippen LogP contribution in [0.1, 0.15) is 56.8 Å². The topological polar surface area (TPSA) is 92.8 Å². The van der Waals surface area contributed by atoms with Crippen molar-refractivity contribution in [3.8, 4) is 0 Å². The van der Waals surface area contributed by atoms with Crippen LogP contribution >= 0.6 is 0 Å². The van der Waals surface area contributed by atoms with E-state index >= 15 is 0 Å². The van der Waals surface area contributed by atoms with Gasteiger partial charge in [-0.2, -0.15) is 0 Å². The normalized spacial score (nSPS) is 16.7. The van der Waals surface area contributed by atoms with E-state index in [1.54, 1.807) is 25.7 Å². The van der Waals surface area contributed by atoms with Crippen LogP contribution in [-0.2, 0) is 19.6 Å². The van der Waals surface area contributed by atoms with Crippen LogP contribution in [0.3, 0.4) is 0 Å². The summed E-state index contributed by atoms with van der Waals surface area (Å²) in [6, 6.07) is 5.25. The Morgan fingerprint density at radius 2 is 1.56 bits per heavy atom. The number of hydrogen-bond donors (Lipinski definition) is 1. The van der Waals surface area contributed by atoms with Crippen LogP contribution in [-0.4, -0.2) is 50.4 Å². The number of hydrogen-bond acceptors (Lipinski definition) is 5. The highest BCUT2D eigenvalue weighted by Crippen LogP contribution is 2.15. The van der Waals surface area contributed by atoms with E-state index in [1.807, 2.05) is 0 Å². The van der Waals surface area contributed by atoms with Crippen LogP contribution in [0.2, 0.25) is 0 Å². The minimum atomic E-state index is -3.62. The summed E-state index contributed by atoms with van der Waals surface area (Å²) in [6.07, 6.45) is 3.28. The molecule has 1 aliphatic heterocycles. The third-order valence-corrected chi connectivity index (χ3v) is 6.01. The number of rotatable bonds is 6. The SMILES string of the molecule is CC(C)NS(=O)(=O)c1ccc(C(=O)OC(C)C(=O)N2CCCCCC2)cc1. The Balaban J connectivity index is 2.00. The van der Waals surface area contributed by atoms with Gasteiger partial charge in [-0.15, -0.1) is 0 Å². The number of esters is 1.